The van der Waals surface area contributed by atoms with E-state index in [1.807, 2.05) is 10.8 Å². The summed E-state index contributed by atoms with van der Waals surface area (Å²) in [5.74, 6) is -0.307. The molecule has 38 heavy (non-hydrogen) atoms. The van der Waals surface area contributed by atoms with Gasteiger partial charge in [-0.3, -0.25) is 9.59 Å². The van der Waals surface area contributed by atoms with Crippen molar-refractivity contribution in [2.45, 2.75) is 51.2 Å². The maximum atomic E-state index is 13.0. The Morgan fingerprint density at radius 1 is 1.08 bits per heavy atom. The Kier molecular flexibility index (Phi) is 9.14. The Balaban J connectivity index is 1.32. The summed E-state index contributed by atoms with van der Waals surface area (Å²) in [6, 6.07) is 12.7. The van der Waals surface area contributed by atoms with Gasteiger partial charge in [-0.25, -0.2) is 5.14 Å². The van der Waals surface area contributed by atoms with Gasteiger partial charge in [-0.2, -0.15) is 13.1 Å². The van der Waals surface area contributed by atoms with E-state index in [4.69, 9.17) is 21.5 Å². The van der Waals surface area contributed by atoms with Crippen LogP contribution in [0, 0.1) is 6.92 Å². The average molecular weight is 564 g/mol. The van der Waals surface area contributed by atoms with Crippen molar-refractivity contribution in [3.05, 3.63) is 53.1 Å². The summed E-state index contributed by atoms with van der Waals surface area (Å²) in [4.78, 5) is 29.3. The van der Waals surface area contributed by atoms with Crippen molar-refractivity contribution in [1.82, 2.24) is 9.62 Å². The maximum absolute atomic E-state index is 13.0. The summed E-state index contributed by atoms with van der Waals surface area (Å²) in [6.07, 6.45) is 3.77. The zero-order chi connectivity index (χ0) is 27.3. The lowest BCUT2D eigenvalue weighted by Crippen LogP contribution is -2.53. The van der Waals surface area contributed by atoms with E-state index in [1.54, 1.807) is 18.2 Å². The van der Waals surface area contributed by atoms with Crippen LogP contribution in [0.4, 0.5) is 11.4 Å². The second-order valence-electron chi connectivity index (χ2n) is 9.69. The SMILES string of the molecule is Cc1ccccc1N1CCC(Oc2ccc(NC(=O)[C@H]3CCCCN3C(=O)CNS(N)(=O)=O)cc2Cl)CC1. The quantitative estimate of drug-likeness (QED) is 0.452. The highest BCUT2D eigenvalue weighted by atomic mass is 35.5. The summed E-state index contributed by atoms with van der Waals surface area (Å²) in [5, 5.41) is 8.13. The number of piperidine rings is 2. The monoisotopic (exact) mass is 563 g/mol. The predicted molar refractivity (Wildman–Crippen MR) is 148 cm³/mol. The number of benzene rings is 2. The van der Waals surface area contributed by atoms with Gasteiger partial charge in [0.25, 0.3) is 10.2 Å². The molecule has 2 saturated heterocycles. The first-order chi connectivity index (χ1) is 18.1. The highest BCUT2D eigenvalue weighted by molar-refractivity contribution is 7.87. The molecule has 206 valence electrons. The van der Waals surface area contributed by atoms with Crippen LogP contribution >= 0.6 is 11.6 Å². The van der Waals surface area contributed by atoms with E-state index < -0.39 is 28.7 Å². The van der Waals surface area contributed by atoms with Crippen LogP contribution in [0.1, 0.15) is 37.7 Å². The van der Waals surface area contributed by atoms with Gasteiger partial charge in [0.1, 0.15) is 17.9 Å². The van der Waals surface area contributed by atoms with Crippen molar-refractivity contribution >= 4 is 45.0 Å². The molecule has 2 aromatic carbocycles. The standard InChI is InChI=1S/C26H34ClN5O5S/c1-18-6-2-3-7-22(18)31-14-11-20(12-15-31)37-24-10-9-19(16-21(24)27)30-26(34)23-8-4-5-13-32(23)25(33)17-29-38(28,35)36/h2-3,6-7,9-10,16,20,23,29H,4-5,8,11-15,17H2,1H3,(H,30,34)(H2,28,35,36)/t23-/m1/s1. The molecular formula is C26H34ClN5O5S. The maximum Gasteiger partial charge on any atom is 0.274 e. The van der Waals surface area contributed by atoms with Gasteiger partial charge in [-0.15, -0.1) is 0 Å². The number of aryl methyl sites for hydroxylation is 1. The first-order valence-electron chi connectivity index (χ1n) is 12.8. The Bertz CT molecular complexity index is 1270. The van der Waals surface area contributed by atoms with E-state index in [2.05, 4.69) is 35.3 Å². The lowest BCUT2D eigenvalue weighted by molar-refractivity contribution is -0.139. The number of nitrogens with zero attached hydrogens (tertiary/aromatic N) is 2. The average Bonchev–Trinajstić information content (AvgIpc) is 2.89. The third kappa shape index (κ3) is 7.37. The molecule has 2 aromatic rings. The van der Waals surface area contributed by atoms with Crippen LogP contribution in [-0.4, -0.2) is 63.5 Å². The molecule has 4 N–H and O–H groups in total. The van der Waals surface area contributed by atoms with Crippen LogP contribution in [-0.2, 0) is 19.8 Å². The van der Waals surface area contributed by atoms with Crippen LogP contribution in [0.5, 0.6) is 5.75 Å². The number of likely N-dealkylation sites (tertiary alicyclic amines) is 1. The van der Waals surface area contributed by atoms with Crippen LogP contribution in [0.3, 0.4) is 0 Å². The van der Waals surface area contributed by atoms with Crippen LogP contribution < -0.4 is 24.8 Å². The third-order valence-electron chi connectivity index (χ3n) is 6.94. The first-order valence-corrected chi connectivity index (χ1v) is 14.7. The number of carbonyl (C=O) groups is 2. The molecule has 0 unspecified atom stereocenters. The molecule has 0 aromatic heterocycles. The van der Waals surface area contributed by atoms with Crippen molar-refractivity contribution in [3.8, 4) is 5.75 Å². The molecule has 0 aliphatic carbocycles. The molecule has 1 atom stereocenters. The van der Waals surface area contributed by atoms with Gasteiger partial charge < -0.3 is 19.9 Å². The summed E-state index contributed by atoms with van der Waals surface area (Å²) in [7, 11) is -4.01. The van der Waals surface area contributed by atoms with Crippen molar-refractivity contribution in [1.29, 1.82) is 0 Å². The number of hydrogen-bond acceptors (Lipinski definition) is 6. The lowest BCUT2D eigenvalue weighted by atomic mass is 10.0. The van der Waals surface area contributed by atoms with Crippen LogP contribution in [0.25, 0.3) is 0 Å². The second kappa shape index (κ2) is 12.3. The van der Waals surface area contributed by atoms with Crippen molar-refractivity contribution < 1.29 is 22.7 Å². The number of nitrogens with two attached hydrogens (primary N) is 1. The smallest absolute Gasteiger partial charge is 0.274 e. The number of para-hydroxylation sites is 1. The number of amides is 2. The molecule has 10 nitrogen and oxygen atoms in total. The minimum Gasteiger partial charge on any atom is -0.489 e. The van der Waals surface area contributed by atoms with E-state index >= 15 is 0 Å². The molecule has 2 aliphatic rings. The minimum atomic E-state index is -4.01. The van der Waals surface area contributed by atoms with Crippen molar-refractivity contribution in [3.63, 3.8) is 0 Å². The Morgan fingerprint density at radius 3 is 2.50 bits per heavy atom. The topological polar surface area (TPSA) is 134 Å². The minimum absolute atomic E-state index is 0.0426. The zero-order valence-electron chi connectivity index (χ0n) is 21.4. The molecule has 12 heteroatoms. The third-order valence-corrected chi connectivity index (χ3v) is 7.78. The number of rotatable bonds is 8. The van der Waals surface area contributed by atoms with Gasteiger partial charge in [0.15, 0.2) is 0 Å². The fourth-order valence-electron chi connectivity index (χ4n) is 4.98. The van der Waals surface area contributed by atoms with E-state index in [0.29, 0.717) is 29.4 Å². The summed E-state index contributed by atoms with van der Waals surface area (Å²) in [6.45, 7) is 3.77. The Labute approximate surface area is 228 Å². The first kappa shape index (κ1) is 28.2. The molecule has 4 rings (SSSR count). The fraction of sp³-hybridized carbons (Fsp3) is 0.462. The van der Waals surface area contributed by atoms with Crippen molar-refractivity contribution in [2.75, 3.05) is 36.4 Å². The summed E-state index contributed by atoms with van der Waals surface area (Å²) >= 11 is 6.50. The predicted octanol–water partition coefficient (Wildman–Crippen LogP) is 2.81. The van der Waals surface area contributed by atoms with E-state index in [9.17, 15) is 18.0 Å². The van der Waals surface area contributed by atoms with Gasteiger partial charge >= 0.3 is 0 Å². The van der Waals surface area contributed by atoms with Crippen LogP contribution in [0.2, 0.25) is 5.02 Å². The largest absolute Gasteiger partial charge is 0.489 e. The molecule has 0 radical (unpaired) electrons. The molecule has 2 fully saturated rings. The van der Waals surface area contributed by atoms with E-state index in [-0.39, 0.29) is 12.0 Å². The fourth-order valence-corrected chi connectivity index (χ4v) is 5.53. The lowest BCUT2D eigenvalue weighted by Gasteiger charge is -2.35. The molecule has 0 spiro atoms. The number of nitrogens with one attached hydrogen (secondary N) is 2. The molecular weight excluding hydrogens is 530 g/mol. The molecule has 2 amide bonds. The zero-order valence-corrected chi connectivity index (χ0v) is 22.9. The van der Waals surface area contributed by atoms with Gasteiger partial charge in [0.05, 0.1) is 11.6 Å². The van der Waals surface area contributed by atoms with E-state index in [1.165, 1.54) is 16.2 Å². The molecule has 2 aliphatic heterocycles. The molecule has 2 heterocycles. The number of ether oxygens (including phenoxy) is 1. The number of anilines is 2. The number of hydrogen-bond donors (Lipinski definition) is 3. The molecule has 0 bridgehead atoms. The number of carbonyl (C=O) groups excluding carboxylic acids is 2. The second-order valence-corrected chi connectivity index (χ2v) is 11.5. The van der Waals surface area contributed by atoms with Gasteiger partial charge in [-0.05, 0) is 56.0 Å². The Hall–Kier alpha value is -2.86. The highest BCUT2D eigenvalue weighted by Crippen LogP contribution is 2.32. The summed E-state index contributed by atoms with van der Waals surface area (Å²) in [5.41, 5.74) is 3.00. The number of halogens is 1. The highest BCUT2D eigenvalue weighted by Gasteiger charge is 2.32. The normalized spacial score (nSPS) is 18.8. The van der Waals surface area contributed by atoms with Gasteiger partial charge in [0.2, 0.25) is 11.8 Å². The van der Waals surface area contributed by atoms with E-state index in [0.717, 1.165) is 38.8 Å². The van der Waals surface area contributed by atoms with Gasteiger partial charge in [0, 0.05) is 43.9 Å². The Morgan fingerprint density at radius 2 is 1.82 bits per heavy atom. The summed E-state index contributed by atoms with van der Waals surface area (Å²) < 4.78 is 30.4. The van der Waals surface area contributed by atoms with Crippen LogP contribution in [0.15, 0.2) is 42.5 Å². The molecule has 0 saturated carbocycles. The van der Waals surface area contributed by atoms with Gasteiger partial charge in [-0.1, -0.05) is 29.8 Å². The van der Waals surface area contributed by atoms with Crippen molar-refractivity contribution in [2.24, 2.45) is 5.14 Å².